The Labute approximate surface area is 183 Å². The number of hydrogen-bond acceptors (Lipinski definition) is 5. The molecule has 1 fully saturated rings. The first-order chi connectivity index (χ1) is 14.3. The summed E-state index contributed by atoms with van der Waals surface area (Å²) in [6.07, 6.45) is 1.34. The number of rotatable bonds is 7. The van der Waals surface area contributed by atoms with Crippen LogP contribution in [0.15, 0.2) is 76.5 Å². The molecule has 30 heavy (non-hydrogen) atoms. The first kappa shape index (κ1) is 22.1. The Morgan fingerprint density at radius 3 is 2.50 bits per heavy atom. The van der Waals surface area contributed by atoms with Crippen LogP contribution in [0, 0.1) is 0 Å². The van der Waals surface area contributed by atoms with Crippen molar-refractivity contribution in [3.05, 3.63) is 72.3 Å². The molecule has 3 rings (SSSR count). The van der Waals surface area contributed by atoms with Gasteiger partial charge in [0.2, 0.25) is 11.8 Å². The lowest BCUT2D eigenvalue weighted by Crippen LogP contribution is -2.33. The third-order valence-corrected chi connectivity index (χ3v) is 6.89. The van der Waals surface area contributed by atoms with E-state index in [0.717, 1.165) is 11.8 Å². The van der Waals surface area contributed by atoms with Gasteiger partial charge in [0.1, 0.15) is 5.25 Å². The molecule has 156 valence electrons. The summed E-state index contributed by atoms with van der Waals surface area (Å²) >= 11 is 6.77. The van der Waals surface area contributed by atoms with Crippen LogP contribution in [0.4, 0.5) is 5.69 Å². The van der Waals surface area contributed by atoms with E-state index in [1.165, 1.54) is 23.1 Å². The molecule has 1 unspecified atom stereocenters. The van der Waals surface area contributed by atoms with E-state index in [1.54, 1.807) is 42.5 Å². The number of carbonyl (C=O) groups is 2. The molecule has 1 aliphatic rings. The fraction of sp³-hybridized carbons (Fsp3) is 0.150. The Balaban J connectivity index is 1.78. The highest BCUT2D eigenvalue weighted by Crippen LogP contribution is 2.31. The minimum Gasteiger partial charge on any atom is -0.326 e. The summed E-state index contributed by atoms with van der Waals surface area (Å²) in [6.45, 7) is 3.69. The molecule has 2 aromatic carbocycles. The Kier molecular flexibility index (Phi) is 6.96. The predicted octanol–water partition coefficient (Wildman–Crippen LogP) is 3.54. The summed E-state index contributed by atoms with van der Waals surface area (Å²) < 4.78 is 29.0. The van der Waals surface area contributed by atoms with Gasteiger partial charge >= 0.3 is 0 Å². The van der Waals surface area contributed by atoms with Gasteiger partial charge in [0.15, 0.2) is 5.17 Å². The number of amidine groups is 1. The van der Waals surface area contributed by atoms with E-state index in [-0.39, 0.29) is 28.9 Å². The number of anilines is 1. The van der Waals surface area contributed by atoms with Gasteiger partial charge in [-0.25, -0.2) is 0 Å². The zero-order valence-corrected chi connectivity index (χ0v) is 18.1. The van der Waals surface area contributed by atoms with Crippen molar-refractivity contribution >= 4 is 56.1 Å². The van der Waals surface area contributed by atoms with Crippen molar-refractivity contribution in [3.8, 4) is 0 Å². The van der Waals surface area contributed by atoms with Crippen LogP contribution < -0.4 is 5.32 Å². The quantitative estimate of drug-likeness (QED) is 0.633. The van der Waals surface area contributed by atoms with E-state index in [1.807, 2.05) is 0 Å². The first-order valence-electron chi connectivity index (χ1n) is 8.84. The van der Waals surface area contributed by atoms with Gasteiger partial charge in [-0.2, -0.15) is 8.42 Å². The number of benzene rings is 2. The monoisotopic (exact) mass is 463 g/mol. The molecule has 0 spiro atoms. The van der Waals surface area contributed by atoms with Crippen LogP contribution >= 0.6 is 23.4 Å². The summed E-state index contributed by atoms with van der Waals surface area (Å²) in [7, 11) is -4.00. The second-order valence-electron chi connectivity index (χ2n) is 6.27. The molecule has 0 aliphatic carbocycles. The van der Waals surface area contributed by atoms with Crippen LogP contribution in [0.3, 0.4) is 0 Å². The Morgan fingerprint density at radius 2 is 1.87 bits per heavy atom. The summed E-state index contributed by atoms with van der Waals surface area (Å²) in [5, 5.41) is 2.46. The summed E-state index contributed by atoms with van der Waals surface area (Å²) in [4.78, 5) is 26.4. The molecular weight excluding hydrogens is 446 g/mol. The van der Waals surface area contributed by atoms with Crippen LogP contribution in [-0.4, -0.2) is 42.1 Å². The lowest BCUT2D eigenvalue weighted by atomic mass is 10.2. The lowest BCUT2D eigenvalue weighted by molar-refractivity contribution is -0.127. The predicted molar refractivity (Wildman–Crippen MR) is 119 cm³/mol. The second kappa shape index (κ2) is 9.46. The van der Waals surface area contributed by atoms with E-state index >= 15 is 0 Å². The molecule has 0 aromatic heterocycles. The molecule has 1 saturated heterocycles. The van der Waals surface area contributed by atoms with Gasteiger partial charge < -0.3 is 5.32 Å². The molecule has 10 heteroatoms. The maximum Gasteiger partial charge on any atom is 0.284 e. The third-order valence-electron chi connectivity index (χ3n) is 4.07. The van der Waals surface area contributed by atoms with Crippen molar-refractivity contribution in [3.63, 3.8) is 0 Å². The molecule has 2 aromatic rings. The highest BCUT2D eigenvalue weighted by molar-refractivity contribution is 8.16. The normalized spacial score (nSPS) is 17.9. The van der Waals surface area contributed by atoms with Gasteiger partial charge in [0.05, 0.1) is 4.90 Å². The molecule has 0 saturated carbocycles. The molecule has 1 atom stereocenters. The van der Waals surface area contributed by atoms with E-state index < -0.39 is 21.2 Å². The van der Waals surface area contributed by atoms with Crippen molar-refractivity contribution in [1.29, 1.82) is 0 Å². The summed E-state index contributed by atoms with van der Waals surface area (Å²) in [5.74, 6) is -0.776. The van der Waals surface area contributed by atoms with Gasteiger partial charge in [-0.05, 0) is 36.4 Å². The zero-order chi connectivity index (χ0) is 21.7. The summed E-state index contributed by atoms with van der Waals surface area (Å²) in [6, 6.07) is 14.3. The number of thioether (sulfide) groups is 1. The number of nitrogens with zero attached hydrogens (tertiary/aromatic N) is 2. The number of amides is 2. The van der Waals surface area contributed by atoms with Crippen LogP contribution in [0.25, 0.3) is 0 Å². The number of sulfonamides is 1. The maximum absolute atomic E-state index is 12.7. The molecule has 2 amide bonds. The maximum atomic E-state index is 12.7. The Morgan fingerprint density at radius 1 is 1.20 bits per heavy atom. The van der Waals surface area contributed by atoms with E-state index in [9.17, 15) is 18.0 Å². The molecule has 1 N–H and O–H groups in total. The van der Waals surface area contributed by atoms with Gasteiger partial charge in [-0.15, -0.1) is 11.0 Å². The largest absolute Gasteiger partial charge is 0.326 e. The Hall–Kier alpha value is -2.62. The SMILES string of the molecule is C=CCN1C(=O)C(CC(=O)Nc2ccc(Cl)cc2)S/C1=N/S(=O)(=O)c1ccccc1. The Bertz CT molecular complexity index is 1090. The van der Waals surface area contributed by atoms with Crippen LogP contribution in [0.2, 0.25) is 5.02 Å². The smallest absolute Gasteiger partial charge is 0.284 e. The van der Waals surface area contributed by atoms with Crippen molar-refractivity contribution < 1.29 is 18.0 Å². The minimum absolute atomic E-state index is 0.0213. The van der Waals surface area contributed by atoms with Crippen LogP contribution in [0.1, 0.15) is 6.42 Å². The molecule has 1 aliphatic heterocycles. The van der Waals surface area contributed by atoms with Crippen molar-refractivity contribution in [2.24, 2.45) is 4.40 Å². The van der Waals surface area contributed by atoms with Crippen molar-refractivity contribution in [1.82, 2.24) is 4.90 Å². The number of hydrogen-bond donors (Lipinski definition) is 1. The summed E-state index contributed by atoms with van der Waals surface area (Å²) in [5.41, 5.74) is 0.545. The average molecular weight is 464 g/mol. The van der Waals surface area contributed by atoms with Crippen LogP contribution in [0.5, 0.6) is 0 Å². The van der Waals surface area contributed by atoms with Crippen LogP contribution in [-0.2, 0) is 19.6 Å². The van der Waals surface area contributed by atoms with Gasteiger partial charge in [0, 0.05) is 23.7 Å². The molecule has 1 heterocycles. The van der Waals surface area contributed by atoms with Crippen molar-refractivity contribution in [2.45, 2.75) is 16.6 Å². The number of nitrogens with one attached hydrogen (secondary N) is 1. The van der Waals surface area contributed by atoms with E-state index in [2.05, 4.69) is 16.3 Å². The van der Waals surface area contributed by atoms with Crippen molar-refractivity contribution in [2.75, 3.05) is 11.9 Å². The first-order valence-corrected chi connectivity index (χ1v) is 11.5. The fourth-order valence-electron chi connectivity index (χ4n) is 2.67. The zero-order valence-electron chi connectivity index (χ0n) is 15.7. The minimum atomic E-state index is -4.00. The topological polar surface area (TPSA) is 95.9 Å². The number of halogens is 1. The molecule has 0 bridgehead atoms. The molecule has 0 radical (unpaired) electrons. The van der Waals surface area contributed by atoms with Gasteiger partial charge in [0.25, 0.3) is 10.0 Å². The van der Waals surface area contributed by atoms with E-state index in [0.29, 0.717) is 10.7 Å². The standard InChI is InChI=1S/C20H18ClN3O4S2/c1-2-12-24-19(26)17(13-18(25)22-15-10-8-14(21)9-11-15)29-20(24)23-30(27,28)16-6-4-3-5-7-16/h2-11,17H,1,12-13H2,(H,22,25)/b23-20+. The third kappa shape index (κ3) is 5.29. The van der Waals surface area contributed by atoms with Gasteiger partial charge in [-0.3, -0.25) is 14.5 Å². The second-order valence-corrected chi connectivity index (χ2v) is 9.48. The highest BCUT2D eigenvalue weighted by atomic mass is 35.5. The fourth-order valence-corrected chi connectivity index (χ4v) is 5.18. The molecular formula is C20H18ClN3O4S2. The highest BCUT2D eigenvalue weighted by Gasteiger charge is 2.39. The average Bonchev–Trinajstić information content (AvgIpc) is 2.99. The lowest BCUT2D eigenvalue weighted by Gasteiger charge is -2.13. The molecule has 7 nitrogen and oxygen atoms in total. The van der Waals surface area contributed by atoms with Gasteiger partial charge in [-0.1, -0.05) is 47.6 Å². The number of carbonyl (C=O) groups excluding carboxylic acids is 2. The van der Waals surface area contributed by atoms with E-state index in [4.69, 9.17) is 11.6 Å².